The number of rotatable bonds is 9. The number of fused-ring (bicyclic) bond motifs is 5. The summed E-state index contributed by atoms with van der Waals surface area (Å²) in [6, 6.07) is 14.4. The number of hydrogen-bond donors (Lipinski definition) is 3. The first-order valence-electron chi connectivity index (χ1n) is 18.2. The summed E-state index contributed by atoms with van der Waals surface area (Å²) in [6.45, 7) is 7.92. The lowest BCUT2D eigenvalue weighted by Gasteiger charge is -2.67. The number of ketones is 1. The fourth-order valence-corrected chi connectivity index (χ4v) is 9.37. The van der Waals surface area contributed by atoms with Crippen LogP contribution in [0.2, 0.25) is 0 Å². The Morgan fingerprint density at radius 1 is 0.964 bits per heavy atom. The Kier molecular flexibility index (Phi) is 10.7. The van der Waals surface area contributed by atoms with Crippen molar-refractivity contribution in [2.75, 3.05) is 6.61 Å². The Balaban J connectivity index is 1.58. The third-order valence-corrected chi connectivity index (χ3v) is 12.3. The average Bonchev–Trinajstić information content (AvgIpc) is 3.15. The lowest BCUT2D eigenvalue weighted by atomic mass is 9.44. The first kappa shape index (κ1) is 40.5. The quantitative estimate of drug-likeness (QED) is 0.0825. The molecular formula is C40H45N3O13. The van der Waals surface area contributed by atoms with Crippen LogP contribution in [-0.4, -0.2) is 99.4 Å². The van der Waals surface area contributed by atoms with Gasteiger partial charge in [-0.2, -0.15) is 0 Å². The molecule has 1 saturated heterocycles. The van der Waals surface area contributed by atoms with Gasteiger partial charge in [0.25, 0.3) is 0 Å². The second kappa shape index (κ2) is 14.8. The van der Waals surface area contributed by atoms with Gasteiger partial charge in [-0.05, 0) is 48.2 Å². The number of hydrogen-bond acceptors (Lipinski definition) is 14. The molecule has 16 heteroatoms. The van der Waals surface area contributed by atoms with Gasteiger partial charge in [-0.3, -0.25) is 14.4 Å². The van der Waals surface area contributed by atoms with Gasteiger partial charge >= 0.3 is 23.9 Å². The molecule has 16 nitrogen and oxygen atoms in total. The Morgan fingerprint density at radius 3 is 2.14 bits per heavy atom. The number of carbonyl (C=O) groups is 5. The largest absolute Gasteiger partial charge is 0.456 e. The fourth-order valence-electron chi connectivity index (χ4n) is 9.37. The standard InChI is InChI=1S/C40H45N3O13/c1-20-25(54-36(50)30(47)29(42-43-41)23-13-9-7-10-14-23)18-40(51)34(55-35(49)24-15-11-8-12-16-24)32-38(6,26(46)17-27-39(32,19-52-27)56-22(3)45)33(48)31(53-21(2)44)28(20)37(40,4)5/h7-16,25-27,29-32,34,46-47,51H,17-19H2,1-6H3/t25-,26-,27+,29+,30+,31+,32?,34-,38+,39-,40+/m0/s1. The zero-order chi connectivity index (χ0) is 41.0. The minimum Gasteiger partial charge on any atom is -0.456 e. The molecule has 3 N–H and O–H groups in total. The predicted molar refractivity (Wildman–Crippen MR) is 193 cm³/mol. The summed E-state index contributed by atoms with van der Waals surface area (Å²) in [5, 5.41) is 40.4. The van der Waals surface area contributed by atoms with E-state index in [0.717, 1.165) is 13.8 Å². The molecule has 1 unspecified atom stereocenters. The minimum atomic E-state index is -2.37. The summed E-state index contributed by atoms with van der Waals surface area (Å²) < 4.78 is 29.9. The highest BCUT2D eigenvalue weighted by Crippen LogP contribution is 2.64. The molecule has 3 aliphatic carbocycles. The molecule has 0 spiro atoms. The van der Waals surface area contributed by atoms with Crippen LogP contribution in [0.5, 0.6) is 0 Å². The van der Waals surface area contributed by atoms with Crippen LogP contribution >= 0.6 is 0 Å². The van der Waals surface area contributed by atoms with Crippen LogP contribution in [-0.2, 0) is 42.9 Å². The molecule has 0 radical (unpaired) electrons. The van der Waals surface area contributed by atoms with E-state index >= 15 is 4.79 Å². The number of ether oxygens (including phenoxy) is 5. The van der Waals surface area contributed by atoms with Crippen molar-refractivity contribution in [1.82, 2.24) is 0 Å². The van der Waals surface area contributed by atoms with Crippen LogP contribution in [0.25, 0.3) is 10.4 Å². The van der Waals surface area contributed by atoms with E-state index in [9.17, 15) is 40.0 Å². The van der Waals surface area contributed by atoms with E-state index in [1.165, 1.54) is 26.0 Å². The lowest BCUT2D eigenvalue weighted by Crippen LogP contribution is -2.82. The molecule has 2 bridgehead atoms. The summed E-state index contributed by atoms with van der Waals surface area (Å²) in [6.07, 6.45) is -10.5. The summed E-state index contributed by atoms with van der Waals surface area (Å²) in [4.78, 5) is 71.8. The molecule has 0 aromatic heterocycles. The van der Waals surface area contributed by atoms with Crippen molar-refractivity contribution in [3.63, 3.8) is 0 Å². The first-order valence-corrected chi connectivity index (χ1v) is 18.2. The molecular weight excluding hydrogens is 730 g/mol. The highest BCUT2D eigenvalue weighted by Gasteiger charge is 2.78. The molecule has 4 aliphatic rings. The Bertz CT molecular complexity index is 2000. The van der Waals surface area contributed by atoms with Gasteiger partial charge < -0.3 is 39.0 Å². The predicted octanol–water partition coefficient (Wildman–Crippen LogP) is 3.62. The van der Waals surface area contributed by atoms with Gasteiger partial charge in [-0.25, -0.2) is 9.59 Å². The minimum absolute atomic E-state index is 0.00505. The maximum absolute atomic E-state index is 15.3. The molecule has 0 amide bonds. The van der Waals surface area contributed by atoms with Crippen LogP contribution in [0, 0.1) is 16.7 Å². The Morgan fingerprint density at radius 2 is 1.59 bits per heavy atom. The number of nitrogens with zero attached hydrogens (tertiary/aromatic N) is 3. The van der Waals surface area contributed by atoms with Crippen LogP contribution in [0.4, 0.5) is 0 Å². The van der Waals surface area contributed by atoms with Crippen LogP contribution < -0.4 is 0 Å². The molecule has 2 aromatic rings. The molecule has 2 saturated carbocycles. The molecule has 1 aliphatic heterocycles. The smallest absolute Gasteiger partial charge is 0.338 e. The van der Waals surface area contributed by atoms with Crippen LogP contribution in [0.15, 0.2) is 76.9 Å². The van der Waals surface area contributed by atoms with Gasteiger partial charge in [0.2, 0.25) is 0 Å². The number of aliphatic hydroxyl groups excluding tert-OH is 2. The van der Waals surface area contributed by atoms with E-state index in [0.29, 0.717) is 5.56 Å². The van der Waals surface area contributed by atoms with Crippen molar-refractivity contribution in [3.8, 4) is 0 Å². The van der Waals surface area contributed by atoms with E-state index in [-0.39, 0.29) is 29.7 Å². The number of benzene rings is 2. The number of carbonyl (C=O) groups excluding carboxylic acids is 5. The summed E-state index contributed by atoms with van der Waals surface area (Å²) in [7, 11) is 0. The van der Waals surface area contributed by atoms with E-state index in [2.05, 4.69) is 10.0 Å². The number of esters is 4. The molecule has 1 heterocycles. The molecule has 11 atom stereocenters. The summed E-state index contributed by atoms with van der Waals surface area (Å²) in [5.41, 5.74) is 2.01. The molecule has 3 fully saturated rings. The van der Waals surface area contributed by atoms with Gasteiger partial charge in [0.1, 0.15) is 23.9 Å². The topological polar surface area (TPSA) is 241 Å². The van der Waals surface area contributed by atoms with Crippen molar-refractivity contribution < 1.29 is 63.0 Å². The highest BCUT2D eigenvalue weighted by atomic mass is 16.6. The summed E-state index contributed by atoms with van der Waals surface area (Å²) in [5.74, 6) is -6.26. The van der Waals surface area contributed by atoms with Gasteiger partial charge in [0.05, 0.1) is 35.6 Å². The molecule has 56 heavy (non-hydrogen) atoms. The molecule has 6 rings (SSSR count). The third kappa shape index (κ3) is 6.35. The Hall–Kier alpha value is -5.12. The van der Waals surface area contributed by atoms with Crippen molar-refractivity contribution in [2.45, 2.75) is 108 Å². The van der Waals surface area contributed by atoms with Gasteiger partial charge in [0.15, 0.2) is 23.6 Å². The number of aliphatic hydroxyl groups is 3. The maximum Gasteiger partial charge on any atom is 0.338 e. The monoisotopic (exact) mass is 775 g/mol. The van der Waals surface area contributed by atoms with Crippen molar-refractivity contribution >= 4 is 29.7 Å². The zero-order valence-electron chi connectivity index (χ0n) is 31.8. The molecule has 2 aromatic carbocycles. The third-order valence-electron chi connectivity index (χ3n) is 12.3. The van der Waals surface area contributed by atoms with Gasteiger partial charge in [0, 0.05) is 37.0 Å². The fraction of sp³-hybridized carbons (Fsp3) is 0.525. The van der Waals surface area contributed by atoms with Crippen molar-refractivity contribution in [2.24, 2.45) is 21.9 Å². The average molecular weight is 776 g/mol. The lowest BCUT2D eigenvalue weighted by molar-refractivity contribution is -0.346. The van der Waals surface area contributed by atoms with Gasteiger partial charge in [-0.15, -0.1) is 0 Å². The SMILES string of the molecule is CC(=O)O[C@H]1C(=O)[C@@]2(C)C([C@H](OC(=O)c3ccccc3)[C@]3(O)C[C@H](OC(=O)[C@H](O)[C@H](N=[N+]=[N-])c4ccccc4)C(C)=C1C3(C)C)[C@]1(OC(C)=O)CO[C@@H]1C[C@@H]2O. The zero-order valence-corrected chi connectivity index (χ0v) is 31.8. The summed E-state index contributed by atoms with van der Waals surface area (Å²) >= 11 is 0. The normalized spacial score (nSPS) is 34.0. The number of Topliss-reactive ketones (excluding diaryl/α,β-unsaturated/α-hetero) is 1. The maximum atomic E-state index is 15.3. The van der Waals surface area contributed by atoms with Crippen molar-refractivity contribution in [1.29, 1.82) is 0 Å². The van der Waals surface area contributed by atoms with Gasteiger partial charge in [-0.1, -0.05) is 67.5 Å². The van der Waals surface area contributed by atoms with E-state index < -0.39 is 107 Å². The van der Waals surface area contributed by atoms with E-state index in [1.807, 2.05) is 0 Å². The Labute approximate surface area is 322 Å². The second-order valence-electron chi connectivity index (χ2n) is 15.7. The van der Waals surface area contributed by atoms with E-state index in [4.69, 9.17) is 23.7 Å². The van der Waals surface area contributed by atoms with Crippen LogP contribution in [0.3, 0.4) is 0 Å². The van der Waals surface area contributed by atoms with Crippen molar-refractivity contribution in [3.05, 3.63) is 93.4 Å². The highest BCUT2D eigenvalue weighted by molar-refractivity contribution is 5.95. The second-order valence-corrected chi connectivity index (χ2v) is 15.7. The first-order chi connectivity index (χ1) is 26.3. The van der Waals surface area contributed by atoms with Crippen LogP contribution in [0.1, 0.15) is 76.3 Å². The number of azide groups is 1. The molecule has 298 valence electrons. The van der Waals surface area contributed by atoms with E-state index in [1.54, 1.807) is 62.4 Å².